The number of aromatic nitrogens is 2. The minimum Gasteiger partial charge on any atom is -0.455 e. The van der Waals surface area contributed by atoms with Crippen molar-refractivity contribution in [3.8, 4) is 44.5 Å². The van der Waals surface area contributed by atoms with Gasteiger partial charge < -0.3 is 4.42 Å². The van der Waals surface area contributed by atoms with Crippen LogP contribution in [-0.4, -0.2) is 9.97 Å². The number of benzene rings is 9. The van der Waals surface area contributed by atoms with Crippen LogP contribution in [0.1, 0.15) is 0 Å². The molecule has 3 nitrogen and oxygen atoms in total. The van der Waals surface area contributed by atoms with Gasteiger partial charge in [-0.05, 0) is 96.9 Å². The highest BCUT2D eigenvalue weighted by Crippen LogP contribution is 2.39. The zero-order valence-corrected chi connectivity index (χ0v) is 28.6. The number of fused-ring (bicyclic) bond motifs is 10. The summed E-state index contributed by atoms with van der Waals surface area (Å²) in [6.45, 7) is 0. The predicted molar refractivity (Wildman–Crippen MR) is 221 cm³/mol. The second-order valence-electron chi connectivity index (χ2n) is 13.8. The fourth-order valence-electron chi connectivity index (χ4n) is 8.14. The van der Waals surface area contributed by atoms with Gasteiger partial charge in [0.25, 0.3) is 0 Å². The summed E-state index contributed by atoms with van der Waals surface area (Å²) in [5, 5.41) is 9.33. The Bertz CT molecular complexity index is 3210. The maximum atomic E-state index is 6.35. The lowest BCUT2D eigenvalue weighted by Crippen LogP contribution is -1.89. The molecule has 0 N–H and O–H groups in total. The molecule has 0 saturated carbocycles. The summed E-state index contributed by atoms with van der Waals surface area (Å²) in [6.07, 6.45) is 3.56. The highest BCUT2D eigenvalue weighted by atomic mass is 16.3. The molecule has 0 fully saturated rings. The molecule has 0 atom stereocenters. The topological polar surface area (TPSA) is 38.9 Å². The zero-order valence-electron chi connectivity index (χ0n) is 28.6. The molecule has 0 unspecified atom stereocenters. The van der Waals surface area contributed by atoms with Crippen molar-refractivity contribution in [2.45, 2.75) is 0 Å². The van der Waals surface area contributed by atoms with Crippen LogP contribution < -0.4 is 0 Å². The molecule has 0 amide bonds. The van der Waals surface area contributed by atoms with E-state index in [9.17, 15) is 0 Å². The van der Waals surface area contributed by atoms with Crippen LogP contribution in [0.15, 0.2) is 187 Å². The fourth-order valence-corrected chi connectivity index (χ4v) is 8.14. The van der Waals surface area contributed by atoms with Crippen molar-refractivity contribution >= 4 is 65.3 Å². The summed E-state index contributed by atoms with van der Waals surface area (Å²) in [4.78, 5) is 9.52. The Morgan fingerprint density at radius 2 is 0.830 bits per heavy atom. The van der Waals surface area contributed by atoms with Gasteiger partial charge in [-0.3, -0.25) is 9.97 Å². The van der Waals surface area contributed by atoms with Gasteiger partial charge in [-0.25, -0.2) is 0 Å². The van der Waals surface area contributed by atoms with Gasteiger partial charge in [-0.15, -0.1) is 0 Å². The van der Waals surface area contributed by atoms with Crippen LogP contribution in [0.2, 0.25) is 0 Å². The summed E-state index contributed by atoms with van der Waals surface area (Å²) in [6, 6.07) is 61.0. The molecule has 0 aliphatic heterocycles. The molecule has 2 heterocycles. The molecule has 11 aromatic rings. The van der Waals surface area contributed by atoms with Crippen LogP contribution in [0.25, 0.3) is 110 Å². The zero-order chi connectivity index (χ0) is 34.9. The molecular weight excluding hydrogens is 645 g/mol. The predicted octanol–water partition coefficient (Wildman–Crippen LogP) is 13.7. The van der Waals surface area contributed by atoms with Crippen LogP contribution in [0, 0.1) is 0 Å². The molecule has 0 aliphatic carbocycles. The maximum absolute atomic E-state index is 6.35. The number of furan rings is 1. The summed E-state index contributed by atoms with van der Waals surface area (Å²) in [7, 11) is 0. The molecule has 3 heteroatoms. The van der Waals surface area contributed by atoms with Gasteiger partial charge in [0.15, 0.2) is 0 Å². The van der Waals surface area contributed by atoms with E-state index < -0.39 is 0 Å². The normalized spacial score (nSPS) is 11.8. The Labute approximate surface area is 305 Å². The molecule has 0 radical (unpaired) electrons. The van der Waals surface area contributed by atoms with Crippen LogP contribution in [0.4, 0.5) is 0 Å². The molecule has 0 aliphatic rings. The summed E-state index contributed by atoms with van der Waals surface area (Å²) >= 11 is 0. The van der Waals surface area contributed by atoms with Gasteiger partial charge in [0.05, 0.1) is 11.0 Å². The van der Waals surface area contributed by atoms with Gasteiger partial charge in [0.1, 0.15) is 11.2 Å². The molecule has 0 saturated heterocycles. The van der Waals surface area contributed by atoms with E-state index in [1.165, 1.54) is 49.4 Å². The molecule has 9 aromatic carbocycles. The van der Waals surface area contributed by atoms with Crippen molar-refractivity contribution in [3.05, 3.63) is 182 Å². The van der Waals surface area contributed by atoms with Crippen LogP contribution >= 0.6 is 0 Å². The standard InChI is InChI=1S/C50H30N2O/c1-2-14-44-41(12-1)42-23-22-38(30-46(42)49-48(44)51-24-25-52-49)34-11-6-9-32(27-34)31-8-5-10-33(26-31)35-18-19-37-29-39(21-20-36(37)28-35)40-15-7-16-45-43-13-3-4-17-47(43)53-50(40)45/h1-30H. The maximum Gasteiger partial charge on any atom is 0.143 e. The van der Waals surface area contributed by atoms with Gasteiger partial charge in [0, 0.05) is 39.5 Å². The Hall–Kier alpha value is -7.10. The number of nitrogens with zero attached hydrogens (tertiary/aromatic N) is 2. The van der Waals surface area contributed by atoms with Crippen molar-refractivity contribution in [2.24, 2.45) is 0 Å². The lowest BCUT2D eigenvalue weighted by atomic mass is 9.93. The molecule has 11 rings (SSSR count). The molecule has 0 bridgehead atoms. The third-order valence-corrected chi connectivity index (χ3v) is 10.7. The molecule has 2 aromatic heterocycles. The second kappa shape index (κ2) is 11.7. The monoisotopic (exact) mass is 674 g/mol. The van der Waals surface area contributed by atoms with Gasteiger partial charge in [-0.1, -0.05) is 133 Å². The molecule has 53 heavy (non-hydrogen) atoms. The van der Waals surface area contributed by atoms with E-state index in [0.29, 0.717) is 0 Å². The van der Waals surface area contributed by atoms with E-state index in [1.807, 2.05) is 12.1 Å². The lowest BCUT2D eigenvalue weighted by molar-refractivity contribution is 0.670. The Balaban J connectivity index is 0.940. The average Bonchev–Trinajstić information content (AvgIpc) is 3.62. The van der Waals surface area contributed by atoms with Crippen LogP contribution in [0.5, 0.6) is 0 Å². The number of hydrogen-bond donors (Lipinski definition) is 0. The van der Waals surface area contributed by atoms with E-state index in [1.54, 1.807) is 12.4 Å². The highest BCUT2D eigenvalue weighted by Gasteiger charge is 2.14. The third-order valence-electron chi connectivity index (χ3n) is 10.7. The molecule has 246 valence electrons. The third kappa shape index (κ3) is 4.82. The summed E-state index contributed by atoms with van der Waals surface area (Å²) < 4.78 is 6.35. The fraction of sp³-hybridized carbons (Fsp3) is 0. The van der Waals surface area contributed by atoms with Crippen molar-refractivity contribution in [3.63, 3.8) is 0 Å². The lowest BCUT2D eigenvalue weighted by Gasteiger charge is -2.12. The summed E-state index contributed by atoms with van der Waals surface area (Å²) in [5.74, 6) is 0. The quantitative estimate of drug-likeness (QED) is 0.174. The van der Waals surface area contributed by atoms with Crippen molar-refractivity contribution in [2.75, 3.05) is 0 Å². The van der Waals surface area contributed by atoms with Crippen molar-refractivity contribution in [1.82, 2.24) is 9.97 Å². The average molecular weight is 675 g/mol. The first-order valence-corrected chi connectivity index (χ1v) is 18.0. The van der Waals surface area contributed by atoms with E-state index in [-0.39, 0.29) is 0 Å². The van der Waals surface area contributed by atoms with E-state index in [2.05, 4.69) is 158 Å². The first-order valence-electron chi connectivity index (χ1n) is 18.0. The van der Waals surface area contributed by atoms with Crippen LogP contribution in [0.3, 0.4) is 0 Å². The Morgan fingerprint density at radius 3 is 1.57 bits per heavy atom. The minimum atomic E-state index is 0.918. The summed E-state index contributed by atoms with van der Waals surface area (Å²) in [5.41, 5.74) is 13.0. The minimum absolute atomic E-state index is 0.918. The molecular formula is C50H30N2O. The number of rotatable bonds is 4. The first kappa shape index (κ1) is 29.6. The first-order chi connectivity index (χ1) is 26.2. The smallest absolute Gasteiger partial charge is 0.143 e. The highest BCUT2D eigenvalue weighted by molar-refractivity contribution is 6.23. The number of para-hydroxylation sites is 2. The van der Waals surface area contributed by atoms with Gasteiger partial charge in [-0.2, -0.15) is 0 Å². The van der Waals surface area contributed by atoms with E-state index >= 15 is 0 Å². The molecule has 0 spiro atoms. The van der Waals surface area contributed by atoms with E-state index in [0.717, 1.165) is 60.4 Å². The largest absolute Gasteiger partial charge is 0.455 e. The van der Waals surface area contributed by atoms with Crippen molar-refractivity contribution in [1.29, 1.82) is 0 Å². The van der Waals surface area contributed by atoms with Gasteiger partial charge >= 0.3 is 0 Å². The Morgan fingerprint density at radius 1 is 0.321 bits per heavy atom. The second-order valence-corrected chi connectivity index (χ2v) is 13.8. The van der Waals surface area contributed by atoms with Gasteiger partial charge in [0.2, 0.25) is 0 Å². The van der Waals surface area contributed by atoms with Crippen molar-refractivity contribution < 1.29 is 4.42 Å². The van der Waals surface area contributed by atoms with Crippen LogP contribution in [-0.2, 0) is 0 Å². The number of hydrogen-bond acceptors (Lipinski definition) is 3. The Kier molecular flexibility index (Phi) is 6.55. The SMILES string of the molecule is c1cc(-c2cccc(-c3ccc4c5ccccc5c5nccnc5c4c3)c2)cc(-c2ccc3cc(-c4cccc5c4oc4ccccc45)ccc3c2)c1. The van der Waals surface area contributed by atoms with E-state index in [4.69, 9.17) is 14.4 Å².